The van der Waals surface area contributed by atoms with E-state index in [9.17, 15) is 0 Å². The Bertz CT molecular complexity index is 365. The lowest BCUT2D eigenvalue weighted by molar-refractivity contribution is 0.192. The molecule has 0 amide bonds. The first-order chi connectivity index (χ1) is 9.72. The summed E-state index contributed by atoms with van der Waals surface area (Å²) in [4.78, 5) is 7.08. The molecule has 1 aromatic rings. The molecule has 3 heteroatoms. The Labute approximate surface area is 124 Å². The highest BCUT2D eigenvalue weighted by molar-refractivity contribution is 5.43. The highest BCUT2D eigenvalue weighted by atomic mass is 15.1. The van der Waals surface area contributed by atoms with Gasteiger partial charge in [-0.25, -0.2) is 4.98 Å². The summed E-state index contributed by atoms with van der Waals surface area (Å²) in [6.07, 6.45) is 6.72. The summed E-state index contributed by atoms with van der Waals surface area (Å²) in [6.45, 7) is 12.2. The standard InChI is InChI=1S/C17H31N3/c1-5-8-13-20(15(4)7-3)14-16-10-9-12-19-17(16)18-11-6-2/h9-10,12,15H,5-8,11,13-14H2,1-4H3,(H,18,19). The number of hydrogen-bond donors (Lipinski definition) is 1. The molecule has 20 heavy (non-hydrogen) atoms. The molecule has 0 fully saturated rings. The topological polar surface area (TPSA) is 28.2 Å². The van der Waals surface area contributed by atoms with Crippen molar-refractivity contribution >= 4 is 5.82 Å². The Morgan fingerprint density at radius 3 is 2.70 bits per heavy atom. The number of nitrogens with zero attached hydrogens (tertiary/aromatic N) is 2. The smallest absolute Gasteiger partial charge is 0.130 e. The maximum Gasteiger partial charge on any atom is 0.130 e. The number of anilines is 1. The van der Waals surface area contributed by atoms with Gasteiger partial charge in [-0.05, 0) is 38.8 Å². The predicted molar refractivity (Wildman–Crippen MR) is 88.1 cm³/mol. The molecule has 1 atom stereocenters. The molecule has 0 aromatic carbocycles. The van der Waals surface area contributed by atoms with Gasteiger partial charge < -0.3 is 5.32 Å². The second kappa shape index (κ2) is 9.76. The van der Waals surface area contributed by atoms with Gasteiger partial charge in [0.1, 0.15) is 5.82 Å². The van der Waals surface area contributed by atoms with Gasteiger partial charge in [-0.1, -0.05) is 33.3 Å². The van der Waals surface area contributed by atoms with Crippen molar-refractivity contribution in [2.45, 2.75) is 66.0 Å². The molecule has 0 aliphatic rings. The molecule has 1 N–H and O–H groups in total. The molecule has 0 aliphatic carbocycles. The van der Waals surface area contributed by atoms with Gasteiger partial charge in [0.15, 0.2) is 0 Å². The van der Waals surface area contributed by atoms with Crippen molar-refractivity contribution in [1.82, 2.24) is 9.88 Å². The molecule has 1 aromatic heterocycles. The average Bonchev–Trinajstić information content (AvgIpc) is 2.49. The van der Waals surface area contributed by atoms with Crippen molar-refractivity contribution < 1.29 is 0 Å². The maximum absolute atomic E-state index is 4.50. The maximum atomic E-state index is 4.50. The Balaban J connectivity index is 2.75. The van der Waals surface area contributed by atoms with Crippen LogP contribution in [0.25, 0.3) is 0 Å². The molecule has 0 spiro atoms. The largest absolute Gasteiger partial charge is 0.370 e. The molecule has 0 radical (unpaired) electrons. The fraction of sp³-hybridized carbons (Fsp3) is 0.706. The van der Waals surface area contributed by atoms with Crippen LogP contribution in [0.15, 0.2) is 18.3 Å². The summed E-state index contributed by atoms with van der Waals surface area (Å²) in [5, 5.41) is 3.44. The van der Waals surface area contributed by atoms with Gasteiger partial charge in [0, 0.05) is 30.9 Å². The fourth-order valence-electron chi connectivity index (χ4n) is 2.26. The van der Waals surface area contributed by atoms with Gasteiger partial charge in [0.25, 0.3) is 0 Å². The summed E-state index contributed by atoms with van der Waals surface area (Å²) in [5.41, 5.74) is 1.32. The van der Waals surface area contributed by atoms with Crippen LogP contribution in [0, 0.1) is 0 Å². The summed E-state index contributed by atoms with van der Waals surface area (Å²) in [6, 6.07) is 4.87. The zero-order valence-corrected chi connectivity index (χ0v) is 13.7. The molecule has 0 saturated carbocycles. The lowest BCUT2D eigenvalue weighted by Gasteiger charge is -2.29. The fourth-order valence-corrected chi connectivity index (χ4v) is 2.26. The van der Waals surface area contributed by atoms with E-state index in [2.05, 4.69) is 49.0 Å². The normalized spacial score (nSPS) is 12.7. The third-order valence-electron chi connectivity index (χ3n) is 3.82. The van der Waals surface area contributed by atoms with Crippen molar-refractivity contribution in [2.24, 2.45) is 0 Å². The number of aromatic nitrogens is 1. The zero-order valence-electron chi connectivity index (χ0n) is 13.7. The molecule has 0 saturated heterocycles. The van der Waals surface area contributed by atoms with Crippen LogP contribution in [0.3, 0.4) is 0 Å². The minimum absolute atomic E-state index is 0.626. The van der Waals surface area contributed by atoms with Gasteiger partial charge in [-0.3, -0.25) is 4.90 Å². The van der Waals surface area contributed by atoms with Crippen LogP contribution in [-0.4, -0.2) is 29.0 Å². The van der Waals surface area contributed by atoms with E-state index in [-0.39, 0.29) is 0 Å². The van der Waals surface area contributed by atoms with Crippen LogP contribution in [0.2, 0.25) is 0 Å². The zero-order chi connectivity index (χ0) is 14.8. The van der Waals surface area contributed by atoms with Gasteiger partial charge in [-0.2, -0.15) is 0 Å². The van der Waals surface area contributed by atoms with E-state index in [0.717, 1.165) is 25.3 Å². The van der Waals surface area contributed by atoms with Gasteiger partial charge >= 0.3 is 0 Å². The molecular formula is C17H31N3. The van der Waals surface area contributed by atoms with Crippen molar-refractivity contribution in [2.75, 3.05) is 18.4 Å². The molecule has 1 unspecified atom stereocenters. The number of hydrogen-bond acceptors (Lipinski definition) is 3. The molecule has 0 aliphatic heterocycles. The van der Waals surface area contributed by atoms with Crippen molar-refractivity contribution in [1.29, 1.82) is 0 Å². The van der Waals surface area contributed by atoms with E-state index in [1.54, 1.807) is 0 Å². The first-order valence-electron chi connectivity index (χ1n) is 8.14. The monoisotopic (exact) mass is 277 g/mol. The first kappa shape index (κ1) is 17.0. The van der Waals surface area contributed by atoms with Crippen molar-refractivity contribution in [3.05, 3.63) is 23.9 Å². The lowest BCUT2D eigenvalue weighted by atomic mass is 10.1. The minimum atomic E-state index is 0.626. The molecule has 1 heterocycles. The SMILES string of the molecule is CCCCN(Cc1cccnc1NCCC)C(C)CC. The lowest BCUT2D eigenvalue weighted by Crippen LogP contribution is -2.33. The second-order valence-electron chi connectivity index (χ2n) is 5.52. The van der Waals surface area contributed by atoms with E-state index in [0.29, 0.717) is 6.04 Å². The van der Waals surface area contributed by atoms with Crippen LogP contribution in [0.1, 0.15) is 58.9 Å². The van der Waals surface area contributed by atoms with Gasteiger partial charge in [0.2, 0.25) is 0 Å². The summed E-state index contributed by atoms with van der Waals surface area (Å²) in [7, 11) is 0. The summed E-state index contributed by atoms with van der Waals surface area (Å²) >= 11 is 0. The number of unbranched alkanes of at least 4 members (excludes halogenated alkanes) is 1. The van der Waals surface area contributed by atoms with Crippen molar-refractivity contribution in [3.63, 3.8) is 0 Å². The van der Waals surface area contributed by atoms with E-state index >= 15 is 0 Å². The predicted octanol–water partition coefficient (Wildman–Crippen LogP) is 4.30. The molecule has 1 rings (SSSR count). The van der Waals surface area contributed by atoms with Gasteiger partial charge in [0.05, 0.1) is 0 Å². The van der Waals surface area contributed by atoms with E-state index in [1.807, 2.05) is 12.3 Å². The summed E-state index contributed by atoms with van der Waals surface area (Å²) in [5.74, 6) is 1.05. The third kappa shape index (κ3) is 5.49. The summed E-state index contributed by atoms with van der Waals surface area (Å²) < 4.78 is 0. The van der Waals surface area contributed by atoms with Crippen LogP contribution < -0.4 is 5.32 Å². The highest BCUT2D eigenvalue weighted by Crippen LogP contribution is 2.17. The Morgan fingerprint density at radius 1 is 1.25 bits per heavy atom. The Morgan fingerprint density at radius 2 is 2.05 bits per heavy atom. The number of nitrogens with one attached hydrogen (secondary N) is 1. The van der Waals surface area contributed by atoms with E-state index < -0.39 is 0 Å². The molecule has 114 valence electrons. The number of pyridine rings is 1. The Hall–Kier alpha value is -1.09. The average molecular weight is 277 g/mol. The van der Waals surface area contributed by atoms with Crippen molar-refractivity contribution in [3.8, 4) is 0 Å². The first-order valence-corrected chi connectivity index (χ1v) is 8.14. The second-order valence-corrected chi connectivity index (χ2v) is 5.52. The van der Waals surface area contributed by atoms with E-state index in [1.165, 1.54) is 31.4 Å². The van der Waals surface area contributed by atoms with Crippen LogP contribution in [0.4, 0.5) is 5.82 Å². The molecule has 0 bridgehead atoms. The van der Waals surface area contributed by atoms with Crippen LogP contribution in [0.5, 0.6) is 0 Å². The number of rotatable bonds is 10. The van der Waals surface area contributed by atoms with Gasteiger partial charge in [-0.15, -0.1) is 0 Å². The van der Waals surface area contributed by atoms with E-state index in [4.69, 9.17) is 0 Å². The third-order valence-corrected chi connectivity index (χ3v) is 3.82. The van der Waals surface area contributed by atoms with Crippen LogP contribution >= 0.6 is 0 Å². The Kier molecular flexibility index (Phi) is 8.28. The highest BCUT2D eigenvalue weighted by Gasteiger charge is 2.14. The minimum Gasteiger partial charge on any atom is -0.370 e. The molecular weight excluding hydrogens is 246 g/mol. The quantitative estimate of drug-likeness (QED) is 0.691. The molecule has 3 nitrogen and oxygen atoms in total. The van der Waals surface area contributed by atoms with Crippen LogP contribution in [-0.2, 0) is 6.54 Å².